The Balaban J connectivity index is 0.000000219. The van der Waals surface area contributed by atoms with Crippen molar-refractivity contribution in [2.75, 3.05) is 0 Å². The van der Waals surface area contributed by atoms with E-state index in [2.05, 4.69) is 9.97 Å². The van der Waals surface area contributed by atoms with Gasteiger partial charge < -0.3 is 15.3 Å². The second-order valence-electron chi connectivity index (χ2n) is 3.95. The number of aromatic nitrogens is 2. The number of carbonyl (C=O) groups is 2. The fourth-order valence-electron chi connectivity index (χ4n) is 1.40. The van der Waals surface area contributed by atoms with Crippen molar-refractivity contribution in [3.8, 4) is 5.75 Å². The third-order valence-corrected chi connectivity index (χ3v) is 2.55. The number of hydrogen-bond acceptors (Lipinski definition) is 6. The van der Waals surface area contributed by atoms with Crippen molar-refractivity contribution in [3.05, 3.63) is 53.1 Å². The van der Waals surface area contributed by atoms with Crippen molar-refractivity contribution in [3.63, 3.8) is 0 Å². The Labute approximate surface area is 120 Å². The van der Waals surface area contributed by atoms with Gasteiger partial charge in [0.15, 0.2) is 6.29 Å². The average molecular weight is 290 g/mol. The van der Waals surface area contributed by atoms with Gasteiger partial charge in [-0.3, -0.25) is 14.8 Å². The third kappa shape index (κ3) is 4.36. The van der Waals surface area contributed by atoms with Gasteiger partial charge in [0.25, 0.3) is 0 Å². The van der Waals surface area contributed by atoms with Gasteiger partial charge in [-0.1, -0.05) is 0 Å². The van der Waals surface area contributed by atoms with Gasteiger partial charge in [0, 0.05) is 24.2 Å². The van der Waals surface area contributed by atoms with Gasteiger partial charge in [0.2, 0.25) is 0 Å². The van der Waals surface area contributed by atoms with Crippen molar-refractivity contribution < 1.29 is 24.9 Å². The molecule has 0 aromatic carbocycles. The summed E-state index contributed by atoms with van der Waals surface area (Å²) in [7, 11) is 0. The molecule has 7 nitrogen and oxygen atoms in total. The molecule has 0 saturated carbocycles. The summed E-state index contributed by atoms with van der Waals surface area (Å²) in [4.78, 5) is 28.0. The zero-order chi connectivity index (χ0) is 15.8. The number of carboxylic acid groups (broad SMARTS) is 1. The fraction of sp³-hybridized carbons (Fsp3) is 0.143. The molecule has 2 aromatic heterocycles. The lowest BCUT2D eigenvalue weighted by Crippen LogP contribution is -1.96. The zero-order valence-electron chi connectivity index (χ0n) is 11.2. The van der Waals surface area contributed by atoms with Gasteiger partial charge in [-0.05, 0) is 19.1 Å². The van der Waals surface area contributed by atoms with E-state index in [1.807, 2.05) is 0 Å². The number of aromatic carboxylic acids is 1. The minimum Gasteiger partial charge on any atom is -0.505 e. The smallest absolute Gasteiger partial charge is 0.337 e. The van der Waals surface area contributed by atoms with Crippen LogP contribution < -0.4 is 0 Å². The fourth-order valence-corrected chi connectivity index (χ4v) is 1.40. The van der Waals surface area contributed by atoms with E-state index in [1.165, 1.54) is 24.7 Å². The standard InChI is InChI=1S/C8H9NO3.C6H5NO2/c1-5-8(12)7(4-11)6(3-10)2-9-5;8-6(9)5-2-1-3-7-4-5/h2,4,10,12H,3H2,1H3;1-4H,(H,8,9). The van der Waals surface area contributed by atoms with Crippen LogP contribution in [0, 0.1) is 6.92 Å². The molecule has 0 amide bonds. The van der Waals surface area contributed by atoms with Crippen LogP contribution in [0.4, 0.5) is 0 Å². The monoisotopic (exact) mass is 290 g/mol. The molecule has 0 bridgehead atoms. The number of rotatable bonds is 3. The highest BCUT2D eigenvalue weighted by Gasteiger charge is 2.09. The summed E-state index contributed by atoms with van der Waals surface area (Å²) < 4.78 is 0. The van der Waals surface area contributed by atoms with Crippen molar-refractivity contribution in [1.29, 1.82) is 0 Å². The lowest BCUT2D eigenvalue weighted by Gasteiger charge is -2.04. The summed E-state index contributed by atoms with van der Waals surface area (Å²) in [5.74, 6) is -1.10. The summed E-state index contributed by atoms with van der Waals surface area (Å²) in [5.41, 5.74) is 1.06. The molecular formula is C14H14N2O5. The van der Waals surface area contributed by atoms with Gasteiger partial charge in [0.05, 0.1) is 23.4 Å². The van der Waals surface area contributed by atoms with Gasteiger partial charge in [-0.25, -0.2) is 4.79 Å². The summed E-state index contributed by atoms with van der Waals surface area (Å²) >= 11 is 0. The number of hydrogen-bond donors (Lipinski definition) is 3. The van der Waals surface area contributed by atoms with Gasteiger partial charge in [-0.15, -0.1) is 0 Å². The van der Waals surface area contributed by atoms with Crippen molar-refractivity contribution in [1.82, 2.24) is 9.97 Å². The van der Waals surface area contributed by atoms with Crippen molar-refractivity contribution >= 4 is 12.3 Å². The first-order valence-electron chi connectivity index (χ1n) is 5.88. The topological polar surface area (TPSA) is 121 Å². The predicted molar refractivity (Wildman–Crippen MR) is 73.1 cm³/mol. The molecule has 0 atom stereocenters. The Bertz CT molecular complexity index is 629. The summed E-state index contributed by atoms with van der Waals surface area (Å²) in [5, 5.41) is 26.4. The largest absolute Gasteiger partial charge is 0.505 e. The van der Waals surface area contributed by atoms with Crippen LogP contribution in [0.25, 0.3) is 0 Å². The minimum atomic E-state index is -0.942. The van der Waals surface area contributed by atoms with E-state index in [0.717, 1.165) is 0 Å². The van der Waals surface area contributed by atoms with Crippen LogP contribution >= 0.6 is 0 Å². The molecule has 0 aliphatic carbocycles. The SMILES string of the molecule is Cc1ncc(CO)c(C=O)c1O.O=C(O)c1cccnc1. The number of aliphatic hydroxyl groups excluding tert-OH is 1. The van der Waals surface area contributed by atoms with Crippen LogP contribution in [0.3, 0.4) is 0 Å². The van der Waals surface area contributed by atoms with Crippen LogP contribution in [0.5, 0.6) is 5.75 Å². The first kappa shape index (κ1) is 16.3. The maximum absolute atomic E-state index is 10.5. The number of carboxylic acids is 1. The summed E-state index contributed by atoms with van der Waals surface area (Å²) in [6.45, 7) is 1.29. The number of pyridine rings is 2. The van der Waals surface area contributed by atoms with E-state index in [1.54, 1.807) is 13.0 Å². The molecule has 21 heavy (non-hydrogen) atoms. The number of aliphatic hydroxyl groups is 1. The molecule has 2 heterocycles. The van der Waals surface area contributed by atoms with Gasteiger partial charge in [-0.2, -0.15) is 0 Å². The van der Waals surface area contributed by atoms with Crippen LogP contribution in [-0.4, -0.2) is 37.5 Å². The van der Waals surface area contributed by atoms with E-state index >= 15 is 0 Å². The Kier molecular flexibility index (Phi) is 5.97. The highest BCUT2D eigenvalue weighted by atomic mass is 16.4. The van der Waals surface area contributed by atoms with E-state index in [-0.39, 0.29) is 23.5 Å². The van der Waals surface area contributed by atoms with Crippen LogP contribution in [-0.2, 0) is 6.61 Å². The molecule has 0 spiro atoms. The second kappa shape index (κ2) is 7.71. The predicted octanol–water partition coefficient (Wildman–Crippen LogP) is 1.18. The maximum atomic E-state index is 10.5. The second-order valence-corrected chi connectivity index (χ2v) is 3.95. The quantitative estimate of drug-likeness (QED) is 0.726. The molecule has 0 unspecified atom stereocenters. The van der Waals surface area contributed by atoms with Gasteiger partial charge >= 0.3 is 5.97 Å². The first-order chi connectivity index (χ1) is 10.0. The third-order valence-electron chi connectivity index (χ3n) is 2.55. The highest BCUT2D eigenvalue weighted by molar-refractivity contribution is 5.86. The molecule has 0 fully saturated rings. The lowest BCUT2D eigenvalue weighted by molar-refractivity contribution is 0.0696. The lowest BCUT2D eigenvalue weighted by atomic mass is 10.1. The van der Waals surface area contributed by atoms with Gasteiger partial charge in [0.1, 0.15) is 5.75 Å². The molecule has 7 heteroatoms. The van der Waals surface area contributed by atoms with E-state index in [0.29, 0.717) is 17.5 Å². The highest BCUT2D eigenvalue weighted by Crippen LogP contribution is 2.21. The molecule has 0 saturated heterocycles. The van der Waals surface area contributed by atoms with Crippen LogP contribution in [0.2, 0.25) is 0 Å². The average Bonchev–Trinajstić information content (AvgIpc) is 2.51. The number of nitrogens with zero attached hydrogens (tertiary/aromatic N) is 2. The number of carbonyl (C=O) groups excluding carboxylic acids is 1. The molecular weight excluding hydrogens is 276 g/mol. The Morgan fingerprint density at radius 1 is 1.38 bits per heavy atom. The molecule has 2 aromatic rings. The molecule has 110 valence electrons. The van der Waals surface area contributed by atoms with Crippen molar-refractivity contribution in [2.45, 2.75) is 13.5 Å². The Morgan fingerprint density at radius 2 is 2.10 bits per heavy atom. The summed E-state index contributed by atoms with van der Waals surface area (Å²) in [6, 6.07) is 3.08. The number of aromatic hydroxyl groups is 1. The Hall–Kier alpha value is -2.80. The maximum Gasteiger partial charge on any atom is 0.337 e. The zero-order valence-corrected chi connectivity index (χ0v) is 11.2. The molecule has 0 aliphatic rings. The van der Waals surface area contributed by atoms with Crippen LogP contribution in [0.15, 0.2) is 30.7 Å². The molecule has 0 radical (unpaired) electrons. The van der Waals surface area contributed by atoms with Crippen LogP contribution in [0.1, 0.15) is 32.0 Å². The van der Waals surface area contributed by atoms with E-state index in [9.17, 15) is 14.7 Å². The normalized spacial score (nSPS) is 9.43. The molecule has 0 aliphatic heterocycles. The molecule has 3 N–H and O–H groups in total. The number of aldehydes is 1. The van der Waals surface area contributed by atoms with Crippen molar-refractivity contribution in [2.24, 2.45) is 0 Å². The molecule has 2 rings (SSSR count). The minimum absolute atomic E-state index is 0.116. The Morgan fingerprint density at radius 3 is 2.52 bits per heavy atom. The van der Waals surface area contributed by atoms with E-state index in [4.69, 9.17) is 10.2 Å². The van der Waals surface area contributed by atoms with E-state index < -0.39 is 5.97 Å². The summed E-state index contributed by atoms with van der Waals surface area (Å²) in [6.07, 6.45) is 4.73. The number of aryl methyl sites for hydroxylation is 1. The first-order valence-corrected chi connectivity index (χ1v) is 5.88.